The van der Waals surface area contributed by atoms with Gasteiger partial charge < -0.3 is 5.32 Å². The van der Waals surface area contributed by atoms with Crippen molar-refractivity contribution in [3.63, 3.8) is 0 Å². The number of Topliss-reactive ketones (excluding diaryl/α,β-unsaturated/α-hetero) is 2. The van der Waals surface area contributed by atoms with Crippen LogP contribution in [0.4, 0.5) is 0 Å². The molecule has 1 aliphatic rings. The average molecular weight is 183 g/mol. The van der Waals surface area contributed by atoms with Crippen molar-refractivity contribution in [1.29, 1.82) is 0 Å². The summed E-state index contributed by atoms with van der Waals surface area (Å²) in [5, 5.41) is 2.50. The molecule has 1 amide bonds. The third-order valence-corrected chi connectivity index (χ3v) is 2.32. The van der Waals surface area contributed by atoms with E-state index in [-0.39, 0.29) is 29.8 Å². The van der Waals surface area contributed by atoms with Gasteiger partial charge in [0.25, 0.3) is 0 Å². The lowest BCUT2D eigenvalue weighted by Crippen LogP contribution is -2.29. The van der Waals surface area contributed by atoms with Gasteiger partial charge in [0.15, 0.2) is 11.6 Å². The van der Waals surface area contributed by atoms with Crippen LogP contribution in [0.15, 0.2) is 0 Å². The fourth-order valence-electron chi connectivity index (χ4n) is 1.49. The summed E-state index contributed by atoms with van der Waals surface area (Å²) in [6.07, 6.45) is 1.57. The molecule has 4 heteroatoms. The lowest BCUT2D eigenvalue weighted by Gasteiger charge is -2.18. The molecular formula is C9H13NO3. The first-order valence-corrected chi connectivity index (χ1v) is 4.40. The van der Waals surface area contributed by atoms with Crippen molar-refractivity contribution >= 4 is 17.5 Å². The molecule has 0 aliphatic heterocycles. The number of hydrogen-bond donors (Lipinski definition) is 1. The highest BCUT2D eigenvalue weighted by Crippen LogP contribution is 2.21. The van der Waals surface area contributed by atoms with Gasteiger partial charge in [-0.25, -0.2) is 0 Å². The largest absolute Gasteiger partial charge is 0.359 e. The maximum Gasteiger partial charge on any atom is 0.220 e. The van der Waals surface area contributed by atoms with Crippen molar-refractivity contribution in [2.75, 3.05) is 7.05 Å². The Labute approximate surface area is 76.7 Å². The first-order valence-electron chi connectivity index (χ1n) is 4.40. The lowest BCUT2D eigenvalue weighted by atomic mass is 9.85. The quantitative estimate of drug-likeness (QED) is 0.616. The second-order valence-electron chi connectivity index (χ2n) is 3.33. The van der Waals surface area contributed by atoms with E-state index in [1.807, 2.05) is 0 Å². The highest BCUT2D eigenvalue weighted by molar-refractivity contribution is 6.37. The molecule has 0 aromatic heterocycles. The van der Waals surface area contributed by atoms with Crippen LogP contribution >= 0.6 is 0 Å². The summed E-state index contributed by atoms with van der Waals surface area (Å²) < 4.78 is 0. The maximum atomic E-state index is 11.0. The molecule has 0 aromatic carbocycles. The van der Waals surface area contributed by atoms with E-state index in [0.29, 0.717) is 19.3 Å². The molecule has 1 unspecified atom stereocenters. The predicted octanol–water partition coefficient (Wildman–Crippen LogP) is 0.0608. The summed E-state index contributed by atoms with van der Waals surface area (Å²) in [6, 6.07) is 0. The molecule has 1 atom stereocenters. The Morgan fingerprint density at radius 1 is 1.46 bits per heavy atom. The van der Waals surface area contributed by atoms with Gasteiger partial charge in [0.05, 0.1) is 0 Å². The van der Waals surface area contributed by atoms with Gasteiger partial charge in [-0.3, -0.25) is 14.4 Å². The summed E-state index contributed by atoms with van der Waals surface area (Å²) in [7, 11) is 1.57. The minimum absolute atomic E-state index is 0.0603. The van der Waals surface area contributed by atoms with E-state index < -0.39 is 0 Å². The number of carbonyl (C=O) groups is 3. The van der Waals surface area contributed by atoms with Gasteiger partial charge in [-0.15, -0.1) is 0 Å². The lowest BCUT2D eigenvalue weighted by molar-refractivity contribution is -0.139. The summed E-state index contributed by atoms with van der Waals surface area (Å²) in [5.74, 6) is -0.606. The number of nitrogens with one attached hydrogen (secondary N) is 1. The Balaban J connectivity index is 2.42. The molecule has 0 radical (unpaired) electrons. The molecule has 4 nitrogen and oxygen atoms in total. The second-order valence-corrected chi connectivity index (χ2v) is 3.33. The van der Waals surface area contributed by atoms with Gasteiger partial charge in [-0.2, -0.15) is 0 Å². The van der Waals surface area contributed by atoms with Gasteiger partial charge in [-0.1, -0.05) is 0 Å². The van der Waals surface area contributed by atoms with E-state index in [1.54, 1.807) is 7.05 Å². The smallest absolute Gasteiger partial charge is 0.220 e. The number of amides is 1. The zero-order valence-electron chi connectivity index (χ0n) is 7.63. The van der Waals surface area contributed by atoms with Gasteiger partial charge in [0, 0.05) is 26.3 Å². The van der Waals surface area contributed by atoms with Crippen LogP contribution in [0.25, 0.3) is 0 Å². The van der Waals surface area contributed by atoms with Gasteiger partial charge >= 0.3 is 0 Å². The molecule has 72 valence electrons. The molecule has 1 aliphatic carbocycles. The van der Waals surface area contributed by atoms with Crippen LogP contribution < -0.4 is 5.32 Å². The van der Waals surface area contributed by atoms with Gasteiger partial charge in [-0.05, 0) is 12.3 Å². The summed E-state index contributed by atoms with van der Waals surface area (Å²) in [4.78, 5) is 32.8. The van der Waals surface area contributed by atoms with Crippen molar-refractivity contribution in [2.24, 2.45) is 5.92 Å². The number of ketones is 2. The van der Waals surface area contributed by atoms with E-state index >= 15 is 0 Å². The zero-order valence-corrected chi connectivity index (χ0v) is 7.63. The van der Waals surface area contributed by atoms with Crippen LogP contribution in [0.1, 0.15) is 25.7 Å². The number of hydrogen-bond acceptors (Lipinski definition) is 3. The van der Waals surface area contributed by atoms with Crippen molar-refractivity contribution in [3.05, 3.63) is 0 Å². The van der Waals surface area contributed by atoms with E-state index in [0.717, 1.165) is 0 Å². The maximum absolute atomic E-state index is 11.0. The van der Waals surface area contributed by atoms with Crippen molar-refractivity contribution < 1.29 is 14.4 Å². The zero-order chi connectivity index (χ0) is 9.84. The van der Waals surface area contributed by atoms with Crippen LogP contribution in [0, 0.1) is 5.92 Å². The molecule has 0 bridgehead atoms. The Hall–Kier alpha value is -1.19. The van der Waals surface area contributed by atoms with Gasteiger partial charge in [0.2, 0.25) is 5.91 Å². The fraction of sp³-hybridized carbons (Fsp3) is 0.667. The summed E-state index contributed by atoms with van der Waals surface area (Å²) in [6.45, 7) is 0. The normalized spacial score (nSPS) is 23.0. The summed E-state index contributed by atoms with van der Waals surface area (Å²) in [5.41, 5.74) is 0. The minimum Gasteiger partial charge on any atom is -0.359 e. The Bertz CT molecular complexity index is 247. The van der Waals surface area contributed by atoms with Crippen LogP contribution in [0.2, 0.25) is 0 Å². The highest BCUT2D eigenvalue weighted by atomic mass is 16.2. The fourth-order valence-corrected chi connectivity index (χ4v) is 1.49. The molecule has 1 N–H and O–H groups in total. The molecule has 13 heavy (non-hydrogen) atoms. The molecule has 1 rings (SSSR count). The Morgan fingerprint density at radius 2 is 2.15 bits per heavy atom. The monoisotopic (exact) mass is 183 g/mol. The second kappa shape index (κ2) is 4.16. The first kappa shape index (κ1) is 9.89. The van der Waals surface area contributed by atoms with Gasteiger partial charge in [0.1, 0.15) is 0 Å². The molecular weight excluding hydrogens is 170 g/mol. The molecule has 0 aromatic rings. The summed E-state index contributed by atoms with van der Waals surface area (Å²) >= 11 is 0. The number of rotatable bonds is 2. The van der Waals surface area contributed by atoms with E-state index in [4.69, 9.17) is 0 Å². The van der Waals surface area contributed by atoms with E-state index in [9.17, 15) is 14.4 Å². The standard InChI is InChI=1S/C9H13NO3/c1-10-9(13)5-6-2-3-7(11)8(12)4-6/h6H,2-5H2,1H3,(H,10,13). The Morgan fingerprint density at radius 3 is 2.69 bits per heavy atom. The highest BCUT2D eigenvalue weighted by Gasteiger charge is 2.27. The minimum atomic E-state index is -0.319. The van der Waals surface area contributed by atoms with Crippen LogP contribution in [0.5, 0.6) is 0 Å². The molecule has 0 spiro atoms. The molecule has 0 heterocycles. The molecule has 1 saturated carbocycles. The third-order valence-electron chi connectivity index (χ3n) is 2.32. The van der Waals surface area contributed by atoms with Crippen LogP contribution in [-0.2, 0) is 14.4 Å². The van der Waals surface area contributed by atoms with Crippen LogP contribution in [0.3, 0.4) is 0 Å². The van der Waals surface area contributed by atoms with Crippen molar-refractivity contribution in [3.8, 4) is 0 Å². The first-order chi connectivity index (χ1) is 6.13. The third kappa shape index (κ3) is 2.65. The molecule has 1 fully saturated rings. The molecule has 0 saturated heterocycles. The SMILES string of the molecule is CNC(=O)CC1CCC(=O)C(=O)C1. The Kier molecular flexibility index (Phi) is 3.17. The van der Waals surface area contributed by atoms with E-state index in [2.05, 4.69) is 5.32 Å². The van der Waals surface area contributed by atoms with Crippen molar-refractivity contribution in [1.82, 2.24) is 5.32 Å². The van der Waals surface area contributed by atoms with Crippen molar-refractivity contribution in [2.45, 2.75) is 25.7 Å². The topological polar surface area (TPSA) is 63.2 Å². The predicted molar refractivity (Wildman–Crippen MR) is 46.0 cm³/mol. The average Bonchev–Trinajstić information content (AvgIpc) is 2.11. The van der Waals surface area contributed by atoms with Crippen LogP contribution in [-0.4, -0.2) is 24.5 Å². The van der Waals surface area contributed by atoms with E-state index in [1.165, 1.54) is 0 Å². The number of carbonyl (C=O) groups excluding carboxylic acids is 3.